The number of nitrogens with zero attached hydrogens (tertiary/aromatic N) is 3. The summed E-state index contributed by atoms with van der Waals surface area (Å²) in [6.07, 6.45) is -0.504. The molecule has 0 spiro atoms. The Labute approximate surface area is 122 Å². The van der Waals surface area contributed by atoms with Gasteiger partial charge < -0.3 is 0 Å². The predicted molar refractivity (Wildman–Crippen MR) is 73.2 cm³/mol. The number of hydrogen-bond donors (Lipinski definition) is 0. The van der Waals surface area contributed by atoms with E-state index >= 15 is 0 Å². The number of halogens is 3. The van der Waals surface area contributed by atoms with E-state index in [1.54, 1.807) is 24.3 Å². The predicted octanol–water partition coefficient (Wildman–Crippen LogP) is 3.52. The van der Waals surface area contributed by atoms with E-state index < -0.39 is 12.0 Å². The molecule has 0 amide bonds. The zero-order chi connectivity index (χ0) is 15.7. The maximum atomic E-state index is 12.5. The fourth-order valence-corrected chi connectivity index (χ4v) is 2.17. The summed E-state index contributed by atoms with van der Waals surface area (Å²) in [4.78, 5) is 22.0. The van der Waals surface area contributed by atoms with Crippen molar-refractivity contribution in [3.63, 3.8) is 0 Å². The summed E-state index contributed by atoms with van der Waals surface area (Å²) in [7, 11) is 0. The van der Waals surface area contributed by atoms with E-state index in [0.717, 1.165) is 12.4 Å². The lowest BCUT2D eigenvalue weighted by molar-refractivity contribution is -0.144. The van der Waals surface area contributed by atoms with Crippen LogP contribution < -0.4 is 0 Å². The van der Waals surface area contributed by atoms with Crippen molar-refractivity contribution in [1.29, 1.82) is 0 Å². The molecule has 7 heteroatoms. The highest BCUT2D eigenvalue weighted by Gasteiger charge is 2.34. The second-order valence-electron chi connectivity index (χ2n) is 4.52. The van der Waals surface area contributed by atoms with Gasteiger partial charge in [0.15, 0.2) is 6.29 Å². The lowest BCUT2D eigenvalue weighted by Crippen LogP contribution is -2.10. The van der Waals surface area contributed by atoms with Gasteiger partial charge in [0.05, 0.1) is 5.52 Å². The molecule has 2 heterocycles. The van der Waals surface area contributed by atoms with Gasteiger partial charge in [-0.15, -0.1) is 0 Å². The number of fused-ring (bicyclic) bond motifs is 1. The van der Waals surface area contributed by atoms with Crippen LogP contribution in [0.5, 0.6) is 0 Å². The minimum absolute atomic E-state index is 0.266. The molecule has 1 aromatic carbocycles. The number of aldehydes is 1. The van der Waals surface area contributed by atoms with Crippen LogP contribution >= 0.6 is 0 Å². The van der Waals surface area contributed by atoms with Crippen LogP contribution in [0.15, 0.2) is 42.9 Å². The Hall–Kier alpha value is -2.83. The quantitative estimate of drug-likeness (QED) is 0.680. The van der Waals surface area contributed by atoms with E-state index in [1.807, 2.05) is 0 Å². The van der Waals surface area contributed by atoms with E-state index in [0.29, 0.717) is 28.3 Å². The van der Waals surface area contributed by atoms with Gasteiger partial charge in [0, 0.05) is 40.7 Å². The topological polar surface area (TPSA) is 55.7 Å². The number of para-hydroxylation sites is 1. The molecule has 4 nitrogen and oxygen atoms in total. The van der Waals surface area contributed by atoms with Gasteiger partial charge in [0.2, 0.25) is 5.82 Å². The SMILES string of the molecule is O=Cc1cnc2ccccc2c1-c1cnc(C(F)(F)F)nc1. The number of hydrogen-bond acceptors (Lipinski definition) is 4. The number of carbonyl (C=O) groups is 1. The van der Waals surface area contributed by atoms with E-state index in [1.165, 1.54) is 6.20 Å². The Morgan fingerprint density at radius 3 is 2.27 bits per heavy atom. The molecule has 110 valence electrons. The Balaban J connectivity index is 2.23. The fraction of sp³-hybridized carbons (Fsp3) is 0.0667. The molecule has 0 fully saturated rings. The summed E-state index contributed by atoms with van der Waals surface area (Å²) < 4.78 is 37.6. The normalized spacial score (nSPS) is 11.6. The van der Waals surface area contributed by atoms with Crippen LogP contribution in [0.1, 0.15) is 16.2 Å². The number of pyridine rings is 1. The summed E-state index contributed by atoms with van der Waals surface area (Å²) in [6, 6.07) is 7.02. The number of aromatic nitrogens is 3. The van der Waals surface area contributed by atoms with Gasteiger partial charge in [0.25, 0.3) is 0 Å². The molecule has 0 bridgehead atoms. The number of rotatable bonds is 2. The van der Waals surface area contributed by atoms with Gasteiger partial charge in [-0.25, -0.2) is 9.97 Å². The molecular formula is C15H8F3N3O. The van der Waals surface area contributed by atoms with Crippen LogP contribution in [0.3, 0.4) is 0 Å². The average molecular weight is 303 g/mol. The third-order valence-corrected chi connectivity index (χ3v) is 3.13. The molecule has 0 aliphatic heterocycles. The maximum absolute atomic E-state index is 12.5. The third kappa shape index (κ3) is 2.41. The summed E-state index contributed by atoms with van der Waals surface area (Å²) in [5.74, 6) is -1.22. The molecular weight excluding hydrogens is 295 g/mol. The first-order valence-electron chi connectivity index (χ1n) is 6.23. The Morgan fingerprint density at radius 1 is 0.955 bits per heavy atom. The van der Waals surface area contributed by atoms with Crippen molar-refractivity contribution in [1.82, 2.24) is 15.0 Å². The van der Waals surface area contributed by atoms with Gasteiger partial charge in [0.1, 0.15) is 0 Å². The van der Waals surface area contributed by atoms with Crippen LogP contribution in [0.4, 0.5) is 13.2 Å². The lowest BCUT2D eigenvalue weighted by atomic mass is 9.99. The molecule has 3 aromatic rings. The fourth-order valence-electron chi connectivity index (χ4n) is 2.17. The van der Waals surface area contributed by atoms with E-state index in [4.69, 9.17) is 0 Å². The lowest BCUT2D eigenvalue weighted by Gasteiger charge is -2.10. The van der Waals surface area contributed by atoms with Crippen molar-refractivity contribution >= 4 is 17.2 Å². The highest BCUT2D eigenvalue weighted by Crippen LogP contribution is 2.31. The van der Waals surface area contributed by atoms with Crippen LogP contribution in [-0.2, 0) is 6.18 Å². The van der Waals surface area contributed by atoms with Gasteiger partial charge in [-0.1, -0.05) is 18.2 Å². The largest absolute Gasteiger partial charge is 0.451 e. The van der Waals surface area contributed by atoms with E-state index in [-0.39, 0.29) is 5.56 Å². The highest BCUT2D eigenvalue weighted by molar-refractivity contribution is 6.02. The summed E-state index contributed by atoms with van der Waals surface area (Å²) in [5, 5.41) is 0.649. The highest BCUT2D eigenvalue weighted by atomic mass is 19.4. The average Bonchev–Trinajstić information content (AvgIpc) is 2.53. The van der Waals surface area contributed by atoms with Crippen molar-refractivity contribution in [2.75, 3.05) is 0 Å². The zero-order valence-electron chi connectivity index (χ0n) is 11.0. The zero-order valence-corrected chi connectivity index (χ0v) is 11.0. The molecule has 0 aliphatic rings. The van der Waals surface area contributed by atoms with Crippen molar-refractivity contribution in [3.8, 4) is 11.1 Å². The van der Waals surface area contributed by atoms with Gasteiger partial charge in [-0.2, -0.15) is 13.2 Å². The molecule has 3 rings (SSSR count). The first-order valence-corrected chi connectivity index (χ1v) is 6.23. The molecule has 0 N–H and O–H groups in total. The van der Waals surface area contributed by atoms with Crippen molar-refractivity contribution in [3.05, 3.63) is 54.2 Å². The third-order valence-electron chi connectivity index (χ3n) is 3.13. The van der Waals surface area contributed by atoms with Gasteiger partial charge >= 0.3 is 6.18 Å². The summed E-state index contributed by atoms with van der Waals surface area (Å²) in [6.45, 7) is 0. The Bertz CT molecular complexity index is 845. The standard InChI is InChI=1S/C15H8F3N3O/c16-15(17,18)14-20-5-9(6-21-14)13-10(8-22)7-19-12-4-2-1-3-11(12)13/h1-8H. The molecule has 22 heavy (non-hydrogen) atoms. The minimum atomic E-state index is -4.60. The van der Waals surface area contributed by atoms with E-state index in [2.05, 4.69) is 15.0 Å². The van der Waals surface area contributed by atoms with Gasteiger partial charge in [-0.3, -0.25) is 9.78 Å². The first kappa shape index (κ1) is 14.1. The molecule has 2 aromatic heterocycles. The smallest absolute Gasteiger partial charge is 0.298 e. The van der Waals surface area contributed by atoms with Crippen molar-refractivity contribution in [2.45, 2.75) is 6.18 Å². The summed E-state index contributed by atoms with van der Waals surface area (Å²) in [5.41, 5.74) is 1.69. The Morgan fingerprint density at radius 2 is 1.64 bits per heavy atom. The van der Waals surface area contributed by atoms with Crippen LogP contribution in [0, 0.1) is 0 Å². The maximum Gasteiger partial charge on any atom is 0.451 e. The number of benzene rings is 1. The first-order chi connectivity index (χ1) is 10.5. The molecule has 0 unspecified atom stereocenters. The van der Waals surface area contributed by atoms with Crippen LogP contribution in [-0.4, -0.2) is 21.2 Å². The molecule has 0 atom stereocenters. The van der Waals surface area contributed by atoms with Gasteiger partial charge in [-0.05, 0) is 6.07 Å². The van der Waals surface area contributed by atoms with Crippen LogP contribution in [0.2, 0.25) is 0 Å². The second kappa shape index (κ2) is 5.18. The molecule has 0 aliphatic carbocycles. The summed E-state index contributed by atoms with van der Waals surface area (Å²) >= 11 is 0. The monoisotopic (exact) mass is 303 g/mol. The number of alkyl halides is 3. The molecule has 0 saturated heterocycles. The van der Waals surface area contributed by atoms with E-state index in [9.17, 15) is 18.0 Å². The number of carbonyl (C=O) groups excluding carboxylic acids is 1. The Kier molecular flexibility index (Phi) is 3.32. The van der Waals surface area contributed by atoms with Crippen LogP contribution in [0.25, 0.3) is 22.0 Å². The molecule has 0 saturated carbocycles. The minimum Gasteiger partial charge on any atom is -0.298 e. The van der Waals surface area contributed by atoms with Crippen molar-refractivity contribution < 1.29 is 18.0 Å². The molecule has 0 radical (unpaired) electrons. The van der Waals surface area contributed by atoms with Crippen molar-refractivity contribution in [2.24, 2.45) is 0 Å². The second-order valence-corrected chi connectivity index (χ2v) is 4.52.